The van der Waals surface area contributed by atoms with E-state index in [1.807, 2.05) is 6.07 Å². The van der Waals surface area contributed by atoms with E-state index in [0.717, 1.165) is 5.56 Å². The summed E-state index contributed by atoms with van der Waals surface area (Å²) in [6, 6.07) is 5.29. The summed E-state index contributed by atoms with van der Waals surface area (Å²) < 4.78 is 1.50. The second-order valence-corrected chi connectivity index (χ2v) is 4.23. The number of nitrogens with zero attached hydrogens (tertiary/aromatic N) is 2. The highest BCUT2D eigenvalue weighted by Gasteiger charge is 2.08. The molecule has 0 saturated carbocycles. The molecular weight excluding hydrogens is 263 g/mol. The Morgan fingerprint density at radius 2 is 2.18 bits per heavy atom. The van der Waals surface area contributed by atoms with E-state index in [4.69, 9.17) is 28.3 Å². The minimum Gasteiger partial charge on any atom is -0.478 e. The molecule has 0 aliphatic carbocycles. The summed E-state index contributed by atoms with van der Waals surface area (Å²) in [5.41, 5.74) is 0.933. The maximum atomic E-state index is 10.7. The molecule has 1 heterocycles. The van der Waals surface area contributed by atoms with Gasteiger partial charge in [0.05, 0.1) is 28.4 Å². The zero-order chi connectivity index (χ0) is 12.4. The average molecular weight is 271 g/mol. The maximum absolute atomic E-state index is 10.7. The van der Waals surface area contributed by atoms with Crippen LogP contribution in [0.15, 0.2) is 30.6 Å². The van der Waals surface area contributed by atoms with E-state index < -0.39 is 5.97 Å². The second kappa shape index (κ2) is 4.77. The van der Waals surface area contributed by atoms with Crippen molar-refractivity contribution in [3.63, 3.8) is 0 Å². The number of carbonyl (C=O) groups is 1. The first kappa shape index (κ1) is 12.0. The standard InChI is InChI=1S/C11H8Cl2N2O2/c12-9-3-1-2-7(10(9)13)5-15-6-8(4-14-15)11(16)17/h1-4,6H,5H2,(H,16,17). The monoisotopic (exact) mass is 270 g/mol. The molecule has 0 spiro atoms. The third kappa shape index (κ3) is 2.60. The topological polar surface area (TPSA) is 55.1 Å². The Hall–Kier alpha value is -1.52. The molecule has 17 heavy (non-hydrogen) atoms. The van der Waals surface area contributed by atoms with E-state index in [1.165, 1.54) is 17.1 Å². The predicted octanol–water partition coefficient (Wildman–Crippen LogP) is 2.94. The summed E-state index contributed by atoms with van der Waals surface area (Å²) in [7, 11) is 0. The normalized spacial score (nSPS) is 10.5. The molecule has 1 aromatic carbocycles. The van der Waals surface area contributed by atoms with Gasteiger partial charge in [-0.2, -0.15) is 5.10 Å². The van der Waals surface area contributed by atoms with Crippen LogP contribution in [0.2, 0.25) is 10.0 Å². The number of rotatable bonds is 3. The van der Waals surface area contributed by atoms with Gasteiger partial charge in [0.1, 0.15) is 0 Å². The Morgan fingerprint density at radius 3 is 2.82 bits per heavy atom. The fourth-order valence-corrected chi connectivity index (χ4v) is 1.79. The number of halogens is 2. The van der Waals surface area contributed by atoms with E-state index in [0.29, 0.717) is 16.6 Å². The molecule has 0 bridgehead atoms. The zero-order valence-electron chi connectivity index (χ0n) is 8.60. The second-order valence-electron chi connectivity index (χ2n) is 3.44. The highest BCUT2D eigenvalue weighted by atomic mass is 35.5. The molecule has 1 N–H and O–H groups in total. The van der Waals surface area contributed by atoms with Crippen LogP contribution in [0.4, 0.5) is 0 Å². The van der Waals surface area contributed by atoms with E-state index in [9.17, 15) is 4.79 Å². The molecule has 2 aromatic rings. The Kier molecular flexibility index (Phi) is 3.36. The summed E-state index contributed by atoms with van der Waals surface area (Å²) in [6.45, 7) is 0.382. The lowest BCUT2D eigenvalue weighted by molar-refractivity contribution is 0.0697. The predicted molar refractivity (Wildman–Crippen MR) is 64.8 cm³/mol. The van der Waals surface area contributed by atoms with Crippen molar-refractivity contribution in [3.05, 3.63) is 51.8 Å². The number of carboxylic acids is 1. The first-order valence-corrected chi connectivity index (χ1v) is 5.52. The highest BCUT2D eigenvalue weighted by Crippen LogP contribution is 2.25. The lowest BCUT2D eigenvalue weighted by atomic mass is 10.2. The molecule has 0 aliphatic heterocycles. The third-order valence-corrected chi connectivity index (χ3v) is 3.10. The number of aromatic carboxylic acids is 1. The molecule has 0 saturated heterocycles. The first-order valence-electron chi connectivity index (χ1n) is 4.76. The minimum atomic E-state index is -1.01. The SMILES string of the molecule is O=C(O)c1cnn(Cc2cccc(Cl)c2Cl)c1. The molecule has 88 valence electrons. The van der Waals surface area contributed by atoms with Gasteiger partial charge in [-0.25, -0.2) is 4.79 Å². The van der Waals surface area contributed by atoms with Gasteiger partial charge >= 0.3 is 5.97 Å². The molecular formula is C11H8Cl2N2O2. The van der Waals surface area contributed by atoms with Crippen molar-refractivity contribution in [1.29, 1.82) is 0 Å². The summed E-state index contributed by atoms with van der Waals surface area (Å²) in [5, 5.41) is 13.6. The van der Waals surface area contributed by atoms with E-state index in [-0.39, 0.29) is 5.56 Å². The highest BCUT2D eigenvalue weighted by molar-refractivity contribution is 6.42. The van der Waals surface area contributed by atoms with E-state index >= 15 is 0 Å². The van der Waals surface area contributed by atoms with Crippen molar-refractivity contribution >= 4 is 29.2 Å². The van der Waals surface area contributed by atoms with Gasteiger partial charge in [-0.05, 0) is 11.6 Å². The van der Waals surface area contributed by atoms with Crippen LogP contribution in [0.25, 0.3) is 0 Å². The lowest BCUT2D eigenvalue weighted by Crippen LogP contribution is -2.01. The van der Waals surface area contributed by atoms with Crippen LogP contribution in [0, 0.1) is 0 Å². The van der Waals surface area contributed by atoms with Gasteiger partial charge in [0, 0.05) is 6.20 Å². The summed E-state index contributed by atoms with van der Waals surface area (Å²) in [5.74, 6) is -1.01. The molecule has 2 rings (SSSR count). The van der Waals surface area contributed by atoms with Crippen molar-refractivity contribution in [2.24, 2.45) is 0 Å². The minimum absolute atomic E-state index is 0.142. The number of aromatic nitrogens is 2. The van der Waals surface area contributed by atoms with Crippen LogP contribution in [0.3, 0.4) is 0 Å². The fourth-order valence-electron chi connectivity index (χ4n) is 1.41. The molecule has 0 aliphatic rings. The third-order valence-electron chi connectivity index (χ3n) is 2.24. The van der Waals surface area contributed by atoms with Gasteiger partial charge in [0.25, 0.3) is 0 Å². The quantitative estimate of drug-likeness (QED) is 0.933. The molecule has 6 heteroatoms. The van der Waals surface area contributed by atoms with Crippen molar-refractivity contribution in [3.8, 4) is 0 Å². The number of carboxylic acid groups (broad SMARTS) is 1. The van der Waals surface area contributed by atoms with Crippen LogP contribution in [0.1, 0.15) is 15.9 Å². The first-order chi connectivity index (χ1) is 8.08. The molecule has 0 fully saturated rings. The zero-order valence-corrected chi connectivity index (χ0v) is 10.1. The van der Waals surface area contributed by atoms with Crippen molar-refractivity contribution < 1.29 is 9.90 Å². The Morgan fingerprint density at radius 1 is 1.41 bits per heavy atom. The number of hydrogen-bond donors (Lipinski definition) is 1. The van der Waals surface area contributed by atoms with Crippen molar-refractivity contribution in [2.75, 3.05) is 0 Å². The molecule has 0 atom stereocenters. The van der Waals surface area contributed by atoms with E-state index in [1.54, 1.807) is 12.1 Å². The number of hydrogen-bond acceptors (Lipinski definition) is 2. The molecule has 0 unspecified atom stereocenters. The molecule has 0 amide bonds. The maximum Gasteiger partial charge on any atom is 0.338 e. The van der Waals surface area contributed by atoms with Crippen LogP contribution in [0.5, 0.6) is 0 Å². The van der Waals surface area contributed by atoms with Crippen LogP contribution < -0.4 is 0 Å². The summed E-state index contributed by atoms with van der Waals surface area (Å²) >= 11 is 11.9. The largest absolute Gasteiger partial charge is 0.478 e. The molecule has 1 aromatic heterocycles. The Bertz CT molecular complexity index is 566. The summed E-state index contributed by atoms with van der Waals surface area (Å²) in [6.07, 6.45) is 2.74. The van der Waals surface area contributed by atoms with E-state index in [2.05, 4.69) is 5.10 Å². The molecule has 0 radical (unpaired) electrons. The fraction of sp³-hybridized carbons (Fsp3) is 0.0909. The van der Waals surface area contributed by atoms with Gasteiger partial charge in [-0.15, -0.1) is 0 Å². The van der Waals surface area contributed by atoms with Crippen LogP contribution in [-0.2, 0) is 6.54 Å². The van der Waals surface area contributed by atoms with Crippen LogP contribution in [-0.4, -0.2) is 20.9 Å². The van der Waals surface area contributed by atoms with Gasteiger partial charge in [0.2, 0.25) is 0 Å². The Balaban J connectivity index is 2.25. The van der Waals surface area contributed by atoms with Gasteiger partial charge in [0.15, 0.2) is 0 Å². The van der Waals surface area contributed by atoms with Gasteiger partial charge in [-0.3, -0.25) is 4.68 Å². The smallest absolute Gasteiger partial charge is 0.338 e. The van der Waals surface area contributed by atoms with Gasteiger partial charge in [-0.1, -0.05) is 35.3 Å². The molecule has 4 nitrogen and oxygen atoms in total. The van der Waals surface area contributed by atoms with Crippen molar-refractivity contribution in [1.82, 2.24) is 9.78 Å². The summed E-state index contributed by atoms with van der Waals surface area (Å²) in [4.78, 5) is 10.7. The lowest BCUT2D eigenvalue weighted by Gasteiger charge is -2.05. The van der Waals surface area contributed by atoms with Crippen molar-refractivity contribution in [2.45, 2.75) is 6.54 Å². The van der Waals surface area contributed by atoms with Crippen LogP contribution >= 0.6 is 23.2 Å². The average Bonchev–Trinajstić information content (AvgIpc) is 2.73. The van der Waals surface area contributed by atoms with Gasteiger partial charge < -0.3 is 5.11 Å². The number of benzene rings is 1. The Labute approximate surface area is 107 Å².